The lowest BCUT2D eigenvalue weighted by Gasteiger charge is -2.56. The predicted molar refractivity (Wildman–Crippen MR) is 76.3 cm³/mol. The van der Waals surface area contributed by atoms with E-state index in [1.165, 1.54) is 43.2 Å². The van der Waals surface area contributed by atoms with E-state index >= 15 is 0 Å². The Bertz CT molecular complexity index is 527. The topological polar surface area (TPSA) is 72.9 Å². The molecule has 1 amide bonds. The highest BCUT2D eigenvalue weighted by Crippen LogP contribution is 2.60. The molecule has 0 aliphatic heterocycles. The molecule has 5 nitrogen and oxygen atoms in total. The Morgan fingerprint density at radius 1 is 1.30 bits per heavy atom. The summed E-state index contributed by atoms with van der Waals surface area (Å²) in [5.74, 6) is 3.06. The Labute approximate surface area is 118 Å². The van der Waals surface area contributed by atoms with E-state index in [0.717, 1.165) is 23.4 Å². The van der Waals surface area contributed by atoms with Crippen LogP contribution in [0.2, 0.25) is 0 Å². The Morgan fingerprint density at radius 3 is 2.35 bits per heavy atom. The normalized spacial score (nSPS) is 38.1. The number of hydrogen-bond acceptors (Lipinski definition) is 3. The molecule has 0 atom stereocenters. The monoisotopic (exact) mass is 274 g/mol. The number of rotatable bonds is 1. The van der Waals surface area contributed by atoms with Gasteiger partial charge in [0, 0.05) is 18.5 Å². The molecule has 5 heteroatoms. The van der Waals surface area contributed by atoms with Gasteiger partial charge in [-0.1, -0.05) is 0 Å². The second kappa shape index (κ2) is 3.99. The molecule has 4 saturated carbocycles. The van der Waals surface area contributed by atoms with Crippen molar-refractivity contribution >= 4 is 11.8 Å². The highest BCUT2D eigenvalue weighted by atomic mass is 16.2. The van der Waals surface area contributed by atoms with E-state index in [1.807, 2.05) is 6.07 Å². The molecule has 0 spiro atoms. The highest BCUT2D eigenvalue weighted by Gasteiger charge is 2.52. The Hall–Kier alpha value is -1.52. The molecule has 4 aliphatic rings. The van der Waals surface area contributed by atoms with E-state index in [-0.39, 0.29) is 11.4 Å². The van der Waals surface area contributed by atoms with Crippen LogP contribution in [-0.2, 0) is 5.41 Å². The fraction of sp³-hybridized carbons (Fsp3) is 0.733. The van der Waals surface area contributed by atoms with Crippen LogP contribution in [0.15, 0.2) is 6.07 Å². The largest absolute Gasteiger partial charge is 0.383 e. The van der Waals surface area contributed by atoms with Crippen molar-refractivity contribution in [3.8, 4) is 0 Å². The van der Waals surface area contributed by atoms with Gasteiger partial charge in [-0.25, -0.2) is 4.79 Å². The van der Waals surface area contributed by atoms with Crippen LogP contribution in [0, 0.1) is 17.8 Å². The van der Waals surface area contributed by atoms with E-state index < -0.39 is 0 Å². The maximum Gasteiger partial charge on any atom is 0.343 e. The smallest absolute Gasteiger partial charge is 0.343 e. The number of carbonyl (C=O) groups is 1. The summed E-state index contributed by atoms with van der Waals surface area (Å²) in [5, 5.41) is 7.14. The summed E-state index contributed by atoms with van der Waals surface area (Å²) in [7, 11) is 1.61. The van der Waals surface area contributed by atoms with Crippen LogP contribution in [0.4, 0.5) is 10.6 Å². The van der Waals surface area contributed by atoms with Crippen LogP contribution in [0.5, 0.6) is 0 Å². The Morgan fingerprint density at radius 2 is 1.85 bits per heavy atom. The highest BCUT2D eigenvalue weighted by molar-refractivity contribution is 5.78. The minimum absolute atomic E-state index is 0.197. The molecule has 1 heterocycles. The molecular weight excluding hydrogens is 252 g/mol. The van der Waals surface area contributed by atoms with E-state index in [1.54, 1.807) is 7.05 Å². The third-order valence-corrected chi connectivity index (χ3v) is 5.72. The summed E-state index contributed by atoms with van der Waals surface area (Å²) in [4.78, 5) is 11.8. The summed E-state index contributed by atoms with van der Waals surface area (Å²) >= 11 is 0. The number of nitrogens with zero attached hydrogens (tertiary/aromatic N) is 2. The minimum atomic E-state index is -0.251. The molecule has 20 heavy (non-hydrogen) atoms. The lowest BCUT2D eigenvalue weighted by molar-refractivity contribution is -0.00735. The van der Waals surface area contributed by atoms with Crippen molar-refractivity contribution in [2.24, 2.45) is 17.8 Å². The fourth-order valence-corrected chi connectivity index (χ4v) is 5.35. The molecule has 108 valence electrons. The van der Waals surface area contributed by atoms with Crippen LogP contribution < -0.4 is 11.1 Å². The van der Waals surface area contributed by atoms with Crippen molar-refractivity contribution in [3.63, 3.8) is 0 Å². The SMILES string of the molecule is CNC(=O)n1nc(C23CC4CC(CC(C4)C2)C3)cc1N. The van der Waals surface area contributed by atoms with Gasteiger partial charge >= 0.3 is 6.03 Å². The molecule has 4 fully saturated rings. The molecule has 4 bridgehead atoms. The minimum Gasteiger partial charge on any atom is -0.383 e. The molecule has 0 radical (unpaired) electrons. The van der Waals surface area contributed by atoms with Crippen molar-refractivity contribution in [2.45, 2.75) is 43.9 Å². The number of aromatic nitrogens is 2. The van der Waals surface area contributed by atoms with Gasteiger partial charge in [0.05, 0.1) is 5.69 Å². The van der Waals surface area contributed by atoms with Crippen molar-refractivity contribution in [1.82, 2.24) is 15.1 Å². The summed E-state index contributed by atoms with van der Waals surface area (Å²) in [6.45, 7) is 0. The molecule has 0 saturated heterocycles. The molecule has 5 rings (SSSR count). The molecular formula is C15H22N4O. The van der Waals surface area contributed by atoms with Crippen molar-refractivity contribution in [2.75, 3.05) is 12.8 Å². The van der Waals surface area contributed by atoms with Crippen molar-refractivity contribution in [1.29, 1.82) is 0 Å². The summed E-state index contributed by atoms with van der Waals surface area (Å²) in [5.41, 5.74) is 7.23. The molecule has 0 aromatic carbocycles. The van der Waals surface area contributed by atoms with Crippen LogP contribution >= 0.6 is 0 Å². The number of nitrogens with one attached hydrogen (secondary N) is 1. The van der Waals surface area contributed by atoms with Crippen LogP contribution in [0.1, 0.15) is 44.2 Å². The standard InChI is InChI=1S/C15H22N4O/c1-17-14(20)19-13(16)5-12(18-19)15-6-9-2-10(7-15)4-11(3-9)8-15/h5,9-11H,2-4,6-8,16H2,1H3,(H,17,20). The number of nitrogens with two attached hydrogens (primary N) is 1. The number of nitrogen functional groups attached to an aromatic ring is 1. The quantitative estimate of drug-likeness (QED) is 0.824. The fourth-order valence-electron chi connectivity index (χ4n) is 5.35. The van der Waals surface area contributed by atoms with Gasteiger partial charge < -0.3 is 11.1 Å². The third kappa shape index (κ3) is 1.61. The summed E-state index contributed by atoms with van der Waals surface area (Å²) < 4.78 is 1.31. The zero-order valence-electron chi connectivity index (χ0n) is 11.9. The predicted octanol–water partition coefficient (Wildman–Crippen LogP) is 2.12. The lowest BCUT2D eigenvalue weighted by Crippen LogP contribution is -2.48. The molecule has 1 aromatic rings. The molecule has 3 N–H and O–H groups in total. The second-order valence-electron chi connectivity index (χ2n) is 7.12. The third-order valence-electron chi connectivity index (χ3n) is 5.72. The van der Waals surface area contributed by atoms with E-state index in [2.05, 4.69) is 10.4 Å². The van der Waals surface area contributed by atoms with E-state index in [0.29, 0.717) is 5.82 Å². The number of anilines is 1. The van der Waals surface area contributed by atoms with Gasteiger partial charge in [0.1, 0.15) is 5.82 Å². The van der Waals surface area contributed by atoms with Crippen LogP contribution in [0.3, 0.4) is 0 Å². The number of amides is 1. The van der Waals surface area contributed by atoms with Crippen molar-refractivity contribution < 1.29 is 4.79 Å². The van der Waals surface area contributed by atoms with E-state index in [4.69, 9.17) is 5.73 Å². The number of hydrogen-bond donors (Lipinski definition) is 2. The summed E-state index contributed by atoms with van der Waals surface area (Å²) in [6, 6.07) is 1.68. The Kier molecular flexibility index (Phi) is 2.44. The van der Waals surface area contributed by atoms with Gasteiger partial charge in [0.2, 0.25) is 0 Å². The van der Waals surface area contributed by atoms with Crippen molar-refractivity contribution in [3.05, 3.63) is 11.8 Å². The molecule has 0 unspecified atom stereocenters. The first-order valence-electron chi connectivity index (χ1n) is 7.68. The van der Waals surface area contributed by atoms with Gasteiger partial charge in [0.15, 0.2) is 0 Å². The molecule has 1 aromatic heterocycles. The van der Waals surface area contributed by atoms with E-state index in [9.17, 15) is 4.79 Å². The van der Waals surface area contributed by atoms with Crippen LogP contribution in [0.25, 0.3) is 0 Å². The van der Waals surface area contributed by atoms with Gasteiger partial charge in [-0.2, -0.15) is 9.78 Å². The second-order valence-corrected chi connectivity index (χ2v) is 7.12. The van der Waals surface area contributed by atoms with Gasteiger partial charge in [-0.05, 0) is 56.3 Å². The van der Waals surface area contributed by atoms with Gasteiger partial charge in [0.25, 0.3) is 0 Å². The zero-order valence-corrected chi connectivity index (χ0v) is 11.9. The Balaban J connectivity index is 1.72. The van der Waals surface area contributed by atoms with Crippen LogP contribution in [-0.4, -0.2) is 22.9 Å². The van der Waals surface area contributed by atoms with Gasteiger partial charge in [-0.15, -0.1) is 0 Å². The first-order chi connectivity index (χ1) is 9.59. The summed E-state index contributed by atoms with van der Waals surface area (Å²) in [6.07, 6.45) is 7.94. The first-order valence-corrected chi connectivity index (χ1v) is 7.68. The zero-order chi connectivity index (χ0) is 13.9. The number of carbonyl (C=O) groups excluding carboxylic acids is 1. The molecule has 4 aliphatic carbocycles. The maximum atomic E-state index is 11.8. The first kappa shape index (κ1) is 12.2. The average molecular weight is 274 g/mol. The average Bonchev–Trinajstić information content (AvgIpc) is 2.79. The maximum absolute atomic E-state index is 11.8. The van der Waals surface area contributed by atoms with Gasteiger partial charge in [-0.3, -0.25) is 0 Å². The lowest BCUT2D eigenvalue weighted by atomic mass is 9.49.